The van der Waals surface area contributed by atoms with E-state index in [-0.39, 0.29) is 27.6 Å². The lowest BCUT2D eigenvalue weighted by atomic mass is 9.99. The summed E-state index contributed by atoms with van der Waals surface area (Å²) in [6, 6.07) is 18.4. The van der Waals surface area contributed by atoms with E-state index in [4.69, 9.17) is 32.7 Å². The van der Waals surface area contributed by atoms with Crippen molar-refractivity contribution in [2.75, 3.05) is 14.2 Å². The van der Waals surface area contributed by atoms with Gasteiger partial charge in [0, 0.05) is 18.9 Å². The summed E-state index contributed by atoms with van der Waals surface area (Å²) in [7, 11) is 4.50. The number of carbonyl (C=O) groups excluding carboxylic acids is 2. The largest absolute Gasteiger partial charge is 0.495 e. The summed E-state index contributed by atoms with van der Waals surface area (Å²) in [5.74, 6) is -0.722. The zero-order chi connectivity index (χ0) is 26.7. The molecule has 0 saturated heterocycles. The molecule has 7 nitrogen and oxygen atoms in total. The van der Waals surface area contributed by atoms with E-state index in [1.165, 1.54) is 14.2 Å². The molecular formula is C28H24Cl2N2O5. The van der Waals surface area contributed by atoms with Crippen LogP contribution in [0.3, 0.4) is 0 Å². The SMILES string of the molecule is COC(=O)[C@H](Cc1ccc(-c2c(OC)c3ccccc3n(C)c2=O)cc1)NC(=O)c1c(Cl)cccc1Cl. The van der Waals surface area contributed by atoms with Crippen LogP contribution in [-0.4, -0.2) is 36.7 Å². The Balaban J connectivity index is 1.65. The van der Waals surface area contributed by atoms with Crippen LogP contribution in [0.2, 0.25) is 10.0 Å². The maximum absolute atomic E-state index is 13.2. The molecule has 0 aliphatic carbocycles. The second-order valence-corrected chi connectivity index (χ2v) is 9.15. The van der Waals surface area contributed by atoms with Crippen LogP contribution in [0.4, 0.5) is 0 Å². The highest BCUT2D eigenvalue weighted by molar-refractivity contribution is 6.39. The minimum Gasteiger partial charge on any atom is -0.495 e. The molecule has 4 rings (SSSR count). The van der Waals surface area contributed by atoms with E-state index in [9.17, 15) is 14.4 Å². The molecule has 9 heteroatoms. The molecule has 4 aromatic rings. The zero-order valence-corrected chi connectivity index (χ0v) is 21.9. The minimum absolute atomic E-state index is 0.0781. The average molecular weight is 539 g/mol. The molecular weight excluding hydrogens is 515 g/mol. The fourth-order valence-electron chi connectivity index (χ4n) is 4.26. The van der Waals surface area contributed by atoms with Gasteiger partial charge in [-0.05, 0) is 35.4 Å². The molecule has 1 atom stereocenters. The molecule has 1 amide bonds. The lowest BCUT2D eigenvalue weighted by molar-refractivity contribution is -0.142. The van der Waals surface area contributed by atoms with Gasteiger partial charge in [-0.25, -0.2) is 4.79 Å². The Morgan fingerprint density at radius 3 is 2.22 bits per heavy atom. The maximum Gasteiger partial charge on any atom is 0.328 e. The number of esters is 1. The van der Waals surface area contributed by atoms with E-state index in [0.717, 1.165) is 16.5 Å². The lowest BCUT2D eigenvalue weighted by Gasteiger charge is -2.18. The highest BCUT2D eigenvalue weighted by Crippen LogP contribution is 2.34. The molecule has 0 bridgehead atoms. The van der Waals surface area contributed by atoms with Crippen LogP contribution in [0, 0.1) is 0 Å². The van der Waals surface area contributed by atoms with Crippen LogP contribution >= 0.6 is 23.2 Å². The Hall–Kier alpha value is -3.81. The molecule has 0 spiro atoms. The molecule has 0 aliphatic rings. The Labute approximate surface area is 223 Å². The van der Waals surface area contributed by atoms with Crippen molar-refractivity contribution in [1.82, 2.24) is 9.88 Å². The van der Waals surface area contributed by atoms with E-state index in [1.807, 2.05) is 24.3 Å². The summed E-state index contributed by atoms with van der Waals surface area (Å²) >= 11 is 12.3. The number of para-hydroxylation sites is 1. The first-order valence-electron chi connectivity index (χ1n) is 11.3. The molecule has 0 aliphatic heterocycles. The number of ether oxygens (including phenoxy) is 2. The second-order valence-electron chi connectivity index (χ2n) is 8.34. The van der Waals surface area contributed by atoms with E-state index in [2.05, 4.69) is 5.32 Å². The number of hydrogen-bond donors (Lipinski definition) is 1. The molecule has 0 unspecified atom stereocenters. The number of carbonyl (C=O) groups is 2. The van der Waals surface area contributed by atoms with Gasteiger partial charge >= 0.3 is 5.97 Å². The fraction of sp³-hybridized carbons (Fsp3) is 0.179. The maximum atomic E-state index is 13.2. The lowest BCUT2D eigenvalue weighted by Crippen LogP contribution is -2.43. The summed E-state index contributed by atoms with van der Waals surface area (Å²) in [5, 5.41) is 3.82. The second kappa shape index (κ2) is 11.1. The number of nitrogens with one attached hydrogen (secondary N) is 1. The average Bonchev–Trinajstić information content (AvgIpc) is 2.90. The third kappa shape index (κ3) is 5.19. The monoisotopic (exact) mass is 538 g/mol. The molecule has 1 heterocycles. The summed E-state index contributed by atoms with van der Waals surface area (Å²) in [6.45, 7) is 0. The van der Waals surface area contributed by atoms with Gasteiger partial charge in [-0.1, -0.05) is 65.7 Å². The van der Waals surface area contributed by atoms with Gasteiger partial charge in [-0.15, -0.1) is 0 Å². The molecule has 1 aromatic heterocycles. The number of amides is 1. The van der Waals surface area contributed by atoms with Crippen molar-refractivity contribution >= 4 is 46.0 Å². The van der Waals surface area contributed by atoms with Crippen LogP contribution in [0.1, 0.15) is 15.9 Å². The summed E-state index contributed by atoms with van der Waals surface area (Å²) in [5.41, 5.74) is 2.48. The third-order valence-electron chi connectivity index (χ3n) is 6.12. The van der Waals surface area contributed by atoms with Crippen molar-refractivity contribution < 1.29 is 19.1 Å². The van der Waals surface area contributed by atoms with Gasteiger partial charge in [0.2, 0.25) is 0 Å². The number of hydrogen-bond acceptors (Lipinski definition) is 5. The summed E-state index contributed by atoms with van der Waals surface area (Å²) in [4.78, 5) is 38.5. The zero-order valence-electron chi connectivity index (χ0n) is 20.4. The molecule has 3 aromatic carbocycles. The Morgan fingerprint density at radius 1 is 0.946 bits per heavy atom. The van der Waals surface area contributed by atoms with Gasteiger partial charge in [-0.2, -0.15) is 0 Å². The van der Waals surface area contributed by atoms with Crippen molar-refractivity contribution in [3.63, 3.8) is 0 Å². The Morgan fingerprint density at radius 2 is 1.59 bits per heavy atom. The topological polar surface area (TPSA) is 86.6 Å². The normalized spacial score (nSPS) is 11.7. The predicted octanol–water partition coefficient (Wildman–Crippen LogP) is 5.04. The molecule has 37 heavy (non-hydrogen) atoms. The third-order valence-corrected chi connectivity index (χ3v) is 6.75. The van der Waals surface area contributed by atoms with Crippen molar-refractivity contribution in [2.24, 2.45) is 7.05 Å². The number of nitrogens with zero attached hydrogens (tertiary/aromatic N) is 1. The van der Waals surface area contributed by atoms with Gasteiger partial charge in [-0.3, -0.25) is 9.59 Å². The first-order valence-corrected chi connectivity index (χ1v) is 12.1. The number of benzene rings is 3. The number of methoxy groups -OCH3 is 2. The number of rotatable bonds is 7. The highest BCUT2D eigenvalue weighted by Gasteiger charge is 2.25. The van der Waals surface area contributed by atoms with E-state index >= 15 is 0 Å². The predicted molar refractivity (Wildman–Crippen MR) is 145 cm³/mol. The van der Waals surface area contributed by atoms with Crippen molar-refractivity contribution in [1.29, 1.82) is 0 Å². The van der Waals surface area contributed by atoms with Gasteiger partial charge in [0.15, 0.2) is 0 Å². The van der Waals surface area contributed by atoms with E-state index in [1.54, 1.807) is 54.1 Å². The Bertz CT molecular complexity index is 1530. The van der Waals surface area contributed by atoms with Crippen molar-refractivity contribution in [3.05, 3.63) is 98.3 Å². The first-order chi connectivity index (χ1) is 17.8. The number of pyridine rings is 1. The van der Waals surface area contributed by atoms with Gasteiger partial charge in [0.1, 0.15) is 11.8 Å². The van der Waals surface area contributed by atoms with Crippen molar-refractivity contribution in [3.8, 4) is 16.9 Å². The Kier molecular flexibility index (Phi) is 7.86. The van der Waals surface area contributed by atoms with Crippen LogP contribution < -0.4 is 15.6 Å². The van der Waals surface area contributed by atoms with E-state index < -0.39 is 17.9 Å². The van der Waals surface area contributed by atoms with Gasteiger partial charge in [0.05, 0.1) is 40.9 Å². The van der Waals surface area contributed by atoms with Crippen LogP contribution in [0.5, 0.6) is 5.75 Å². The number of fused-ring (bicyclic) bond motifs is 1. The fourth-order valence-corrected chi connectivity index (χ4v) is 4.83. The molecule has 0 fully saturated rings. The van der Waals surface area contributed by atoms with Crippen molar-refractivity contribution in [2.45, 2.75) is 12.5 Å². The minimum atomic E-state index is -0.987. The smallest absolute Gasteiger partial charge is 0.328 e. The molecule has 190 valence electrons. The number of aryl methyl sites for hydroxylation is 1. The molecule has 1 N–H and O–H groups in total. The standard InChI is InChI=1S/C28H24Cl2N2O5/c1-32-22-10-5-4-7-18(22)25(36-2)23(27(32)34)17-13-11-16(12-14-17)15-21(28(35)37-3)31-26(33)24-19(29)8-6-9-20(24)30/h4-14,21H,15H2,1-3H3,(H,31,33)/t21-/m0/s1. The highest BCUT2D eigenvalue weighted by atomic mass is 35.5. The summed E-state index contributed by atoms with van der Waals surface area (Å²) in [6.07, 6.45) is 0.146. The van der Waals surface area contributed by atoms with Gasteiger partial charge < -0.3 is 19.4 Å². The summed E-state index contributed by atoms with van der Waals surface area (Å²) < 4.78 is 12.1. The van der Waals surface area contributed by atoms with Gasteiger partial charge in [0.25, 0.3) is 11.5 Å². The quantitative estimate of drug-likeness (QED) is 0.333. The van der Waals surface area contributed by atoms with Crippen LogP contribution in [-0.2, 0) is 23.0 Å². The number of aromatic nitrogens is 1. The van der Waals surface area contributed by atoms with Crippen LogP contribution in [0.25, 0.3) is 22.0 Å². The number of halogens is 2. The van der Waals surface area contributed by atoms with Crippen LogP contribution in [0.15, 0.2) is 71.5 Å². The first kappa shape index (κ1) is 26.3. The molecule has 0 radical (unpaired) electrons. The van der Waals surface area contributed by atoms with E-state index in [0.29, 0.717) is 16.9 Å². The molecule has 0 saturated carbocycles.